The highest BCUT2D eigenvalue weighted by Crippen LogP contribution is 2.23. The lowest BCUT2D eigenvalue weighted by Crippen LogP contribution is -2.08. The van der Waals surface area contributed by atoms with Gasteiger partial charge in [-0.25, -0.2) is 0 Å². The molecule has 0 spiro atoms. The number of methoxy groups -OCH3 is 1. The van der Waals surface area contributed by atoms with Gasteiger partial charge in [-0.3, -0.25) is 4.79 Å². The van der Waals surface area contributed by atoms with E-state index < -0.39 is 5.97 Å². The Morgan fingerprint density at radius 2 is 1.95 bits per heavy atom. The number of rotatable bonds is 8. The van der Waals surface area contributed by atoms with E-state index in [4.69, 9.17) is 9.84 Å². The molecule has 0 unspecified atom stereocenters. The van der Waals surface area contributed by atoms with E-state index in [2.05, 4.69) is 22.8 Å². The molecule has 112 valence electrons. The van der Waals surface area contributed by atoms with E-state index in [9.17, 15) is 4.79 Å². The number of aromatic nitrogens is 1. The molecule has 0 fully saturated rings. The van der Waals surface area contributed by atoms with Crippen LogP contribution in [0.25, 0.3) is 11.3 Å². The first-order chi connectivity index (χ1) is 10.2. The summed E-state index contributed by atoms with van der Waals surface area (Å²) < 4.78 is 7.32. The van der Waals surface area contributed by atoms with Gasteiger partial charge in [-0.2, -0.15) is 0 Å². The molecule has 0 saturated carbocycles. The molecular formula is C17H21NO3. The Morgan fingerprint density at radius 3 is 2.62 bits per heavy atom. The predicted octanol–water partition coefficient (Wildman–Crippen LogP) is 3.21. The Bertz CT molecular complexity index is 575. The van der Waals surface area contributed by atoms with Crippen molar-refractivity contribution in [3.05, 3.63) is 48.2 Å². The zero-order valence-electron chi connectivity index (χ0n) is 12.3. The van der Waals surface area contributed by atoms with Gasteiger partial charge >= 0.3 is 5.97 Å². The Balaban J connectivity index is 2.24. The summed E-state index contributed by atoms with van der Waals surface area (Å²) in [5, 5.41) is 8.87. The summed E-state index contributed by atoms with van der Waals surface area (Å²) in [6.07, 6.45) is 1.61. The van der Waals surface area contributed by atoms with Crippen molar-refractivity contribution in [2.45, 2.75) is 25.8 Å². The van der Waals surface area contributed by atoms with E-state index in [0.29, 0.717) is 13.0 Å². The fourth-order valence-electron chi connectivity index (χ4n) is 2.46. The number of ether oxygens (including phenoxy) is 1. The molecule has 0 aliphatic carbocycles. The van der Waals surface area contributed by atoms with Gasteiger partial charge in [0.05, 0.1) is 6.42 Å². The van der Waals surface area contributed by atoms with Crippen molar-refractivity contribution in [3.63, 3.8) is 0 Å². The van der Waals surface area contributed by atoms with Crippen LogP contribution in [0.5, 0.6) is 0 Å². The third-order valence-corrected chi connectivity index (χ3v) is 3.47. The van der Waals surface area contributed by atoms with Gasteiger partial charge in [0, 0.05) is 31.6 Å². The van der Waals surface area contributed by atoms with E-state index in [1.807, 2.05) is 24.3 Å². The number of hydrogen-bond acceptors (Lipinski definition) is 2. The summed E-state index contributed by atoms with van der Waals surface area (Å²) in [5.74, 6) is -0.763. The van der Waals surface area contributed by atoms with Crippen LogP contribution >= 0.6 is 0 Å². The first kappa shape index (κ1) is 15.3. The van der Waals surface area contributed by atoms with Gasteiger partial charge in [0.15, 0.2) is 0 Å². The van der Waals surface area contributed by atoms with Crippen molar-refractivity contribution in [1.29, 1.82) is 0 Å². The summed E-state index contributed by atoms with van der Waals surface area (Å²) >= 11 is 0. The Labute approximate surface area is 125 Å². The van der Waals surface area contributed by atoms with Crippen molar-refractivity contribution < 1.29 is 14.6 Å². The van der Waals surface area contributed by atoms with Crippen LogP contribution in [0, 0.1) is 0 Å². The van der Waals surface area contributed by atoms with Crippen molar-refractivity contribution in [2.24, 2.45) is 0 Å². The maximum absolute atomic E-state index is 10.8. The average molecular weight is 287 g/mol. The predicted molar refractivity (Wildman–Crippen MR) is 82.3 cm³/mol. The second-order valence-electron chi connectivity index (χ2n) is 4.97. The number of carboxylic acids is 1. The molecular weight excluding hydrogens is 266 g/mol. The molecule has 0 atom stereocenters. The van der Waals surface area contributed by atoms with Crippen LogP contribution in [0.4, 0.5) is 0 Å². The molecule has 21 heavy (non-hydrogen) atoms. The Hall–Kier alpha value is -2.07. The fraction of sp³-hybridized carbons (Fsp3) is 0.353. The zero-order valence-corrected chi connectivity index (χ0v) is 12.3. The molecule has 1 aromatic heterocycles. The highest BCUT2D eigenvalue weighted by atomic mass is 16.5. The molecule has 0 aliphatic rings. The molecule has 1 N–H and O–H groups in total. The topological polar surface area (TPSA) is 51.5 Å². The van der Waals surface area contributed by atoms with E-state index in [-0.39, 0.29) is 6.42 Å². The van der Waals surface area contributed by atoms with Gasteiger partial charge in [-0.1, -0.05) is 30.3 Å². The minimum Gasteiger partial charge on any atom is -0.481 e. The average Bonchev–Trinajstić information content (AvgIpc) is 2.89. The first-order valence-electron chi connectivity index (χ1n) is 7.17. The normalized spacial score (nSPS) is 10.7. The highest BCUT2D eigenvalue weighted by molar-refractivity contribution is 5.67. The number of hydrogen-bond donors (Lipinski definition) is 1. The van der Waals surface area contributed by atoms with E-state index in [1.165, 1.54) is 0 Å². The van der Waals surface area contributed by atoms with Crippen LogP contribution < -0.4 is 0 Å². The SMILES string of the molecule is COCCCn1c(CCC(=O)O)ccc1-c1ccccc1. The lowest BCUT2D eigenvalue weighted by molar-refractivity contribution is -0.136. The van der Waals surface area contributed by atoms with Crippen LogP contribution in [0.15, 0.2) is 42.5 Å². The number of nitrogens with zero attached hydrogens (tertiary/aromatic N) is 1. The van der Waals surface area contributed by atoms with Gasteiger partial charge in [0.25, 0.3) is 0 Å². The Morgan fingerprint density at radius 1 is 1.19 bits per heavy atom. The summed E-state index contributed by atoms with van der Waals surface area (Å²) in [6, 6.07) is 14.3. The molecule has 0 radical (unpaired) electrons. The van der Waals surface area contributed by atoms with Crippen LogP contribution in [-0.4, -0.2) is 29.4 Å². The maximum atomic E-state index is 10.8. The fourth-order valence-corrected chi connectivity index (χ4v) is 2.46. The zero-order chi connectivity index (χ0) is 15.1. The lowest BCUT2D eigenvalue weighted by atomic mass is 10.1. The molecule has 0 bridgehead atoms. The number of carboxylic acid groups (broad SMARTS) is 1. The second kappa shape index (κ2) is 7.64. The lowest BCUT2D eigenvalue weighted by Gasteiger charge is -2.13. The number of aliphatic carboxylic acids is 1. The number of benzene rings is 1. The van der Waals surface area contributed by atoms with Gasteiger partial charge in [0.2, 0.25) is 0 Å². The third kappa shape index (κ3) is 4.20. The number of aryl methyl sites for hydroxylation is 1. The van der Waals surface area contributed by atoms with E-state index in [1.54, 1.807) is 7.11 Å². The summed E-state index contributed by atoms with van der Waals surface area (Å²) in [5.41, 5.74) is 3.34. The number of carbonyl (C=O) groups is 1. The second-order valence-corrected chi connectivity index (χ2v) is 4.97. The van der Waals surface area contributed by atoms with Gasteiger partial charge in [-0.05, 0) is 30.5 Å². The minimum atomic E-state index is -0.763. The van der Waals surface area contributed by atoms with E-state index >= 15 is 0 Å². The molecule has 0 saturated heterocycles. The first-order valence-corrected chi connectivity index (χ1v) is 7.17. The smallest absolute Gasteiger partial charge is 0.303 e. The van der Waals surface area contributed by atoms with E-state index in [0.717, 1.165) is 29.9 Å². The molecule has 0 amide bonds. The van der Waals surface area contributed by atoms with Crippen molar-refractivity contribution >= 4 is 5.97 Å². The van der Waals surface area contributed by atoms with Crippen molar-refractivity contribution in [1.82, 2.24) is 4.57 Å². The highest BCUT2D eigenvalue weighted by Gasteiger charge is 2.11. The molecule has 4 heteroatoms. The van der Waals surface area contributed by atoms with Crippen LogP contribution in [0.3, 0.4) is 0 Å². The molecule has 0 aliphatic heterocycles. The summed E-state index contributed by atoms with van der Waals surface area (Å²) in [6.45, 7) is 1.53. The molecule has 1 heterocycles. The summed E-state index contributed by atoms with van der Waals surface area (Å²) in [4.78, 5) is 10.8. The summed E-state index contributed by atoms with van der Waals surface area (Å²) in [7, 11) is 1.69. The van der Waals surface area contributed by atoms with Crippen LogP contribution in [0.1, 0.15) is 18.5 Å². The molecule has 1 aromatic carbocycles. The molecule has 2 rings (SSSR count). The Kier molecular flexibility index (Phi) is 5.58. The van der Waals surface area contributed by atoms with Crippen molar-refractivity contribution in [2.75, 3.05) is 13.7 Å². The minimum absolute atomic E-state index is 0.155. The largest absolute Gasteiger partial charge is 0.481 e. The van der Waals surface area contributed by atoms with Crippen LogP contribution in [0.2, 0.25) is 0 Å². The maximum Gasteiger partial charge on any atom is 0.303 e. The standard InChI is InChI=1S/C17H21NO3/c1-21-13-5-12-18-15(9-11-17(19)20)8-10-16(18)14-6-3-2-4-7-14/h2-4,6-8,10H,5,9,11-13H2,1H3,(H,19,20). The molecule has 4 nitrogen and oxygen atoms in total. The van der Waals surface area contributed by atoms with Gasteiger partial charge < -0.3 is 14.4 Å². The van der Waals surface area contributed by atoms with Crippen LogP contribution in [-0.2, 0) is 22.5 Å². The van der Waals surface area contributed by atoms with Gasteiger partial charge in [0.1, 0.15) is 0 Å². The van der Waals surface area contributed by atoms with Gasteiger partial charge in [-0.15, -0.1) is 0 Å². The van der Waals surface area contributed by atoms with Crippen molar-refractivity contribution in [3.8, 4) is 11.3 Å². The monoisotopic (exact) mass is 287 g/mol. The third-order valence-electron chi connectivity index (χ3n) is 3.47. The molecule has 2 aromatic rings. The quantitative estimate of drug-likeness (QED) is 0.758.